The maximum Gasteiger partial charge on any atom is 0.136 e. The highest BCUT2D eigenvalue weighted by atomic mass is 16.5. The first-order valence-electron chi connectivity index (χ1n) is 8.16. The molecule has 0 radical (unpaired) electrons. The predicted octanol–water partition coefficient (Wildman–Crippen LogP) is 3.29. The number of Topliss-reactive ketones (excluding diaryl/α,β-unsaturated/α-hetero) is 1. The minimum absolute atomic E-state index is 0.301. The number of ether oxygens (including phenoxy) is 1. The topological polar surface area (TPSA) is 29.5 Å². The monoisotopic (exact) mass is 287 g/mol. The third kappa shape index (κ3) is 3.46. The summed E-state index contributed by atoms with van der Waals surface area (Å²) < 4.78 is 5.65. The van der Waals surface area contributed by atoms with Crippen molar-refractivity contribution in [3.63, 3.8) is 0 Å². The van der Waals surface area contributed by atoms with E-state index < -0.39 is 0 Å². The number of para-hydroxylation sites is 1. The molecule has 0 aliphatic carbocycles. The van der Waals surface area contributed by atoms with Gasteiger partial charge in [-0.15, -0.1) is 0 Å². The van der Waals surface area contributed by atoms with Gasteiger partial charge in [0.1, 0.15) is 11.5 Å². The summed E-state index contributed by atoms with van der Waals surface area (Å²) in [5.41, 5.74) is 0. The van der Waals surface area contributed by atoms with Crippen LogP contribution in [0.3, 0.4) is 0 Å². The summed E-state index contributed by atoms with van der Waals surface area (Å²) in [5.74, 6) is 1.65. The molecule has 3 nitrogen and oxygen atoms in total. The quantitative estimate of drug-likeness (QED) is 0.752. The van der Waals surface area contributed by atoms with Gasteiger partial charge in [-0.05, 0) is 51.3 Å². The molecule has 3 heteroatoms. The number of rotatable bonds is 6. The Labute approximate surface area is 127 Å². The van der Waals surface area contributed by atoms with Crippen molar-refractivity contribution in [1.29, 1.82) is 0 Å². The van der Waals surface area contributed by atoms with E-state index >= 15 is 0 Å². The highest BCUT2D eigenvalue weighted by molar-refractivity contribution is 5.81. The molecule has 0 saturated carbocycles. The molecule has 1 aromatic carbocycles. The Morgan fingerprint density at radius 2 is 1.86 bits per heavy atom. The van der Waals surface area contributed by atoms with Crippen molar-refractivity contribution in [1.82, 2.24) is 4.90 Å². The number of hydrogen-bond acceptors (Lipinski definition) is 3. The van der Waals surface area contributed by atoms with Crippen LogP contribution in [0.25, 0.3) is 0 Å². The van der Waals surface area contributed by atoms with Gasteiger partial charge in [-0.25, -0.2) is 0 Å². The Morgan fingerprint density at radius 1 is 1.19 bits per heavy atom. The smallest absolute Gasteiger partial charge is 0.136 e. The molecule has 1 aromatic rings. The molecule has 2 fully saturated rings. The van der Waals surface area contributed by atoms with Gasteiger partial charge < -0.3 is 9.64 Å². The first-order valence-corrected chi connectivity index (χ1v) is 8.16. The largest absolute Gasteiger partial charge is 0.494 e. The third-order valence-corrected chi connectivity index (χ3v) is 5.13. The van der Waals surface area contributed by atoms with E-state index in [0.29, 0.717) is 36.8 Å². The second-order valence-electron chi connectivity index (χ2n) is 6.45. The van der Waals surface area contributed by atoms with Gasteiger partial charge in [0, 0.05) is 24.4 Å². The average molecular weight is 287 g/mol. The van der Waals surface area contributed by atoms with Crippen molar-refractivity contribution in [3.05, 3.63) is 30.3 Å². The van der Waals surface area contributed by atoms with Crippen molar-refractivity contribution < 1.29 is 9.53 Å². The fourth-order valence-corrected chi connectivity index (χ4v) is 3.83. The molecule has 2 bridgehead atoms. The van der Waals surface area contributed by atoms with E-state index in [1.807, 2.05) is 30.3 Å². The van der Waals surface area contributed by atoms with Gasteiger partial charge in [0.25, 0.3) is 0 Å². The Morgan fingerprint density at radius 3 is 2.52 bits per heavy atom. The van der Waals surface area contributed by atoms with Crippen molar-refractivity contribution in [3.8, 4) is 5.75 Å². The lowest BCUT2D eigenvalue weighted by Crippen LogP contribution is -2.42. The molecule has 2 unspecified atom stereocenters. The van der Waals surface area contributed by atoms with Crippen LogP contribution in [0.5, 0.6) is 5.75 Å². The zero-order valence-corrected chi connectivity index (χ0v) is 12.8. The van der Waals surface area contributed by atoms with Crippen LogP contribution in [0.4, 0.5) is 0 Å². The number of nitrogens with zero attached hydrogens (tertiary/aromatic N) is 1. The van der Waals surface area contributed by atoms with Gasteiger partial charge in [-0.2, -0.15) is 0 Å². The summed E-state index contributed by atoms with van der Waals surface area (Å²) in [6, 6.07) is 11.1. The first-order chi connectivity index (χ1) is 10.2. The van der Waals surface area contributed by atoms with Crippen LogP contribution in [0, 0.1) is 5.92 Å². The number of carbonyl (C=O) groups is 1. The molecular weight excluding hydrogens is 262 g/mol. The summed E-state index contributed by atoms with van der Waals surface area (Å²) in [7, 11) is 2.22. The molecule has 3 rings (SSSR count). The normalized spacial score (nSPS) is 28.5. The highest BCUT2D eigenvalue weighted by Gasteiger charge is 2.40. The standard InChI is InChI=1S/C18H25NO2/c1-19-15-9-10-16(19)13-14(12-15)18(20)8-5-11-21-17-6-3-2-4-7-17/h2-4,6-7,14-16H,5,8-13H2,1H3. The van der Waals surface area contributed by atoms with Gasteiger partial charge in [0.05, 0.1) is 6.61 Å². The number of benzene rings is 1. The molecule has 2 atom stereocenters. The van der Waals surface area contributed by atoms with Crippen LogP contribution in [0.2, 0.25) is 0 Å². The molecule has 2 heterocycles. The van der Waals surface area contributed by atoms with Gasteiger partial charge in [-0.1, -0.05) is 18.2 Å². The lowest BCUT2D eigenvalue weighted by Gasteiger charge is -2.35. The summed E-state index contributed by atoms with van der Waals surface area (Å²) >= 11 is 0. The molecule has 0 amide bonds. The summed E-state index contributed by atoms with van der Waals surface area (Å²) in [4.78, 5) is 14.8. The van der Waals surface area contributed by atoms with Gasteiger partial charge >= 0.3 is 0 Å². The average Bonchev–Trinajstić information content (AvgIpc) is 2.74. The van der Waals surface area contributed by atoms with E-state index in [-0.39, 0.29) is 0 Å². The SMILES string of the molecule is CN1C2CCC1CC(C(=O)CCCOc1ccccc1)C2. The Bertz CT molecular complexity index is 459. The van der Waals surface area contributed by atoms with Gasteiger partial charge in [-0.3, -0.25) is 4.79 Å². The number of hydrogen-bond donors (Lipinski definition) is 0. The van der Waals surface area contributed by atoms with Crippen LogP contribution >= 0.6 is 0 Å². The Kier molecular flexibility index (Phi) is 4.59. The number of fused-ring (bicyclic) bond motifs is 2. The number of piperidine rings is 1. The second kappa shape index (κ2) is 6.61. The highest BCUT2D eigenvalue weighted by Crippen LogP contribution is 2.38. The van der Waals surface area contributed by atoms with E-state index in [0.717, 1.165) is 25.0 Å². The molecule has 0 N–H and O–H groups in total. The predicted molar refractivity (Wildman–Crippen MR) is 83.5 cm³/mol. The molecule has 2 aliphatic rings. The minimum atomic E-state index is 0.301. The summed E-state index contributed by atoms with van der Waals surface area (Å²) in [6.45, 7) is 0.634. The molecule has 2 saturated heterocycles. The summed E-state index contributed by atoms with van der Waals surface area (Å²) in [6.07, 6.45) is 6.21. The Hall–Kier alpha value is -1.35. The molecule has 2 aliphatic heterocycles. The third-order valence-electron chi connectivity index (χ3n) is 5.13. The fraction of sp³-hybridized carbons (Fsp3) is 0.611. The maximum atomic E-state index is 12.4. The van der Waals surface area contributed by atoms with Gasteiger partial charge in [0.2, 0.25) is 0 Å². The van der Waals surface area contributed by atoms with Crippen LogP contribution in [-0.4, -0.2) is 36.4 Å². The van der Waals surface area contributed by atoms with Crippen molar-refractivity contribution in [2.45, 2.75) is 50.6 Å². The molecular formula is C18H25NO2. The Balaban J connectivity index is 1.39. The van der Waals surface area contributed by atoms with Crippen molar-refractivity contribution >= 4 is 5.78 Å². The van der Waals surface area contributed by atoms with E-state index in [1.54, 1.807) is 0 Å². The van der Waals surface area contributed by atoms with E-state index in [1.165, 1.54) is 12.8 Å². The molecule has 0 spiro atoms. The minimum Gasteiger partial charge on any atom is -0.494 e. The van der Waals surface area contributed by atoms with Crippen LogP contribution in [0.15, 0.2) is 30.3 Å². The van der Waals surface area contributed by atoms with Crippen LogP contribution in [0.1, 0.15) is 38.5 Å². The zero-order valence-electron chi connectivity index (χ0n) is 12.8. The van der Waals surface area contributed by atoms with Crippen LogP contribution < -0.4 is 4.74 Å². The maximum absolute atomic E-state index is 12.4. The lowest BCUT2D eigenvalue weighted by atomic mass is 9.86. The first kappa shape index (κ1) is 14.6. The van der Waals surface area contributed by atoms with Gasteiger partial charge in [0.15, 0.2) is 0 Å². The zero-order chi connectivity index (χ0) is 14.7. The van der Waals surface area contributed by atoms with Crippen molar-refractivity contribution in [2.24, 2.45) is 5.92 Å². The molecule has 114 valence electrons. The van der Waals surface area contributed by atoms with E-state index in [4.69, 9.17) is 4.74 Å². The number of ketones is 1. The van der Waals surface area contributed by atoms with Crippen LogP contribution in [-0.2, 0) is 4.79 Å². The van der Waals surface area contributed by atoms with E-state index in [2.05, 4.69) is 11.9 Å². The molecule has 0 aromatic heterocycles. The van der Waals surface area contributed by atoms with Crippen molar-refractivity contribution in [2.75, 3.05) is 13.7 Å². The van der Waals surface area contributed by atoms with E-state index in [9.17, 15) is 4.79 Å². The number of carbonyl (C=O) groups excluding carboxylic acids is 1. The summed E-state index contributed by atoms with van der Waals surface area (Å²) in [5, 5.41) is 0. The molecule has 21 heavy (non-hydrogen) atoms. The lowest BCUT2D eigenvalue weighted by molar-refractivity contribution is -0.125. The fourth-order valence-electron chi connectivity index (χ4n) is 3.83. The second-order valence-corrected chi connectivity index (χ2v) is 6.45.